The smallest absolute Gasteiger partial charge is 0.264 e. The van der Waals surface area contributed by atoms with Crippen LogP contribution in [0.15, 0.2) is 90.3 Å². The highest BCUT2D eigenvalue weighted by Crippen LogP contribution is 2.40. The summed E-state index contributed by atoms with van der Waals surface area (Å²) in [5.74, 6) is -1.13. The lowest BCUT2D eigenvalue weighted by Gasteiger charge is -2.37. The van der Waals surface area contributed by atoms with Crippen molar-refractivity contribution in [3.05, 3.63) is 130 Å². The number of sulfonamides is 1. The molecule has 0 saturated heterocycles. The number of carbonyl (C=O) groups excluding carboxylic acids is 1. The average Bonchev–Trinajstić information content (AvgIpc) is 3.23. The van der Waals surface area contributed by atoms with E-state index in [1.165, 1.54) is 33.5 Å². The molecule has 0 aromatic heterocycles. The molecule has 0 spiro atoms. The highest BCUT2D eigenvalue weighted by atomic mass is 35.5. The molecule has 0 bridgehead atoms. The molecule has 2 heterocycles. The van der Waals surface area contributed by atoms with Crippen molar-refractivity contribution in [2.75, 3.05) is 17.4 Å². The number of fused-ring (bicyclic) bond motifs is 2. The fourth-order valence-electron chi connectivity index (χ4n) is 5.53. The van der Waals surface area contributed by atoms with Crippen molar-refractivity contribution >= 4 is 50.6 Å². The molecule has 0 N–H and O–H groups in total. The van der Waals surface area contributed by atoms with Gasteiger partial charge in [0.25, 0.3) is 15.9 Å². The van der Waals surface area contributed by atoms with E-state index in [9.17, 15) is 22.0 Å². The van der Waals surface area contributed by atoms with Crippen molar-refractivity contribution in [2.24, 2.45) is 0 Å². The minimum Gasteiger partial charge on any atom is -0.484 e. The maximum absolute atomic E-state index is 14.6. The number of ether oxygens (including phenoxy) is 1. The third kappa shape index (κ3) is 5.16. The quantitative estimate of drug-likeness (QED) is 0.206. The Morgan fingerprint density at radius 2 is 1.77 bits per heavy atom. The van der Waals surface area contributed by atoms with Gasteiger partial charge in [-0.3, -0.25) is 9.10 Å². The molecule has 6 nitrogen and oxygen atoms in total. The van der Waals surface area contributed by atoms with E-state index in [4.69, 9.17) is 16.3 Å². The molecule has 2 aliphatic heterocycles. The zero-order valence-electron chi connectivity index (χ0n) is 23.9. The van der Waals surface area contributed by atoms with Crippen LogP contribution in [0.4, 0.5) is 14.5 Å². The number of hydrogen-bond donors (Lipinski definition) is 0. The van der Waals surface area contributed by atoms with Crippen molar-refractivity contribution in [2.45, 2.75) is 24.8 Å². The van der Waals surface area contributed by atoms with Crippen molar-refractivity contribution in [3.63, 3.8) is 0 Å². The molecular weight excluding hydrogens is 606 g/mol. The zero-order chi connectivity index (χ0) is 31.3. The number of allylic oxidation sites excluding steroid dienone is 1. The molecule has 10 heteroatoms. The Bertz CT molecular complexity index is 1940. The van der Waals surface area contributed by atoms with Gasteiger partial charge in [0, 0.05) is 22.4 Å². The number of nitrogens with zero attached hydrogens (tertiary/aromatic N) is 2. The first-order chi connectivity index (χ1) is 21.0. The van der Waals surface area contributed by atoms with Crippen LogP contribution in [0.2, 0.25) is 5.02 Å². The molecule has 0 unspecified atom stereocenters. The Labute approximate surface area is 259 Å². The van der Waals surface area contributed by atoms with Crippen LogP contribution in [0.1, 0.15) is 39.5 Å². The van der Waals surface area contributed by atoms with Gasteiger partial charge in [-0.25, -0.2) is 17.2 Å². The summed E-state index contributed by atoms with van der Waals surface area (Å²) in [6, 6.07) is 20.2. The van der Waals surface area contributed by atoms with Crippen LogP contribution >= 0.6 is 11.6 Å². The van der Waals surface area contributed by atoms with E-state index in [1.807, 2.05) is 6.07 Å². The molecule has 0 fully saturated rings. The Balaban J connectivity index is 1.40. The Hall–Kier alpha value is -4.47. The number of amides is 1. The molecular formula is C34H27ClF2N2O4S. The molecule has 224 valence electrons. The van der Waals surface area contributed by atoms with Gasteiger partial charge in [-0.15, -0.1) is 0 Å². The summed E-state index contributed by atoms with van der Waals surface area (Å²) < 4.78 is 64.7. The molecule has 0 aliphatic carbocycles. The lowest BCUT2D eigenvalue weighted by Crippen LogP contribution is -2.48. The van der Waals surface area contributed by atoms with Crippen molar-refractivity contribution in [1.82, 2.24) is 4.90 Å². The number of aryl methyl sites for hydroxylation is 1. The molecule has 44 heavy (non-hydrogen) atoms. The Kier molecular flexibility index (Phi) is 7.55. The summed E-state index contributed by atoms with van der Waals surface area (Å²) in [6.07, 6.45) is 0.917. The highest BCUT2D eigenvalue weighted by Gasteiger charge is 2.39. The standard InChI is InChI=1S/C34H27ClF2N2O4S/c1-20-11-13-25(17-30(20)37)44(41,42)39-19-24(18-38-22(3)26-7-4-5-8-27(26)34(38)40)43-32-14-12-23(16-31(32)39)15-21(2)33-28(35)9-6-10-29(33)36/h4-17,24H,3,18-19H2,1-2H3/b21-15+/t24-/m0/s1. The predicted molar refractivity (Wildman–Crippen MR) is 168 cm³/mol. The van der Waals surface area contributed by atoms with E-state index in [2.05, 4.69) is 6.58 Å². The summed E-state index contributed by atoms with van der Waals surface area (Å²) >= 11 is 6.26. The molecule has 1 atom stereocenters. The number of benzene rings is 4. The molecule has 0 radical (unpaired) electrons. The second-order valence-corrected chi connectivity index (χ2v) is 13.0. The third-order valence-electron chi connectivity index (χ3n) is 7.81. The second-order valence-electron chi connectivity index (χ2n) is 10.7. The van der Waals surface area contributed by atoms with E-state index >= 15 is 0 Å². The number of rotatable bonds is 6. The van der Waals surface area contributed by atoms with Crippen LogP contribution in [-0.4, -0.2) is 38.4 Å². The average molecular weight is 633 g/mol. The third-order valence-corrected chi connectivity index (χ3v) is 9.90. The van der Waals surface area contributed by atoms with Gasteiger partial charge in [0.2, 0.25) is 0 Å². The van der Waals surface area contributed by atoms with Crippen LogP contribution in [0.3, 0.4) is 0 Å². The minimum atomic E-state index is -4.29. The van der Waals surface area contributed by atoms with Gasteiger partial charge in [0.05, 0.1) is 28.7 Å². The summed E-state index contributed by atoms with van der Waals surface area (Å²) in [5, 5.41) is 0.244. The highest BCUT2D eigenvalue weighted by molar-refractivity contribution is 7.92. The van der Waals surface area contributed by atoms with Gasteiger partial charge in [0.15, 0.2) is 0 Å². The summed E-state index contributed by atoms with van der Waals surface area (Å²) in [5.41, 5.74) is 3.57. The second kappa shape index (κ2) is 11.2. The predicted octanol–water partition coefficient (Wildman–Crippen LogP) is 7.57. The van der Waals surface area contributed by atoms with Crippen LogP contribution in [0, 0.1) is 18.6 Å². The fraction of sp³-hybridized carbons (Fsp3) is 0.147. The maximum Gasteiger partial charge on any atom is 0.264 e. The van der Waals surface area contributed by atoms with Gasteiger partial charge in [-0.05, 0) is 73.0 Å². The van der Waals surface area contributed by atoms with Gasteiger partial charge in [0.1, 0.15) is 23.5 Å². The van der Waals surface area contributed by atoms with E-state index in [0.717, 1.165) is 6.07 Å². The first-order valence-corrected chi connectivity index (χ1v) is 15.6. The number of halogens is 3. The number of hydrogen-bond acceptors (Lipinski definition) is 4. The van der Waals surface area contributed by atoms with Crippen LogP contribution in [0.25, 0.3) is 17.3 Å². The SMILES string of the molecule is C=C1c2ccccc2C(=O)N1C[C@H]1CN(S(=O)(=O)c2ccc(C)c(F)c2)c2cc(/C=C(\C)c3c(F)cccc3Cl)ccc2O1. The molecule has 1 amide bonds. The first-order valence-electron chi connectivity index (χ1n) is 13.8. The Morgan fingerprint density at radius 1 is 1.02 bits per heavy atom. The van der Waals surface area contributed by atoms with Gasteiger partial charge in [-0.1, -0.05) is 60.7 Å². The normalized spacial score (nSPS) is 16.6. The van der Waals surface area contributed by atoms with Crippen molar-refractivity contribution in [3.8, 4) is 5.75 Å². The van der Waals surface area contributed by atoms with E-state index in [0.29, 0.717) is 33.5 Å². The Morgan fingerprint density at radius 3 is 2.48 bits per heavy atom. The van der Waals surface area contributed by atoms with E-state index < -0.39 is 27.8 Å². The van der Waals surface area contributed by atoms with Crippen LogP contribution in [0.5, 0.6) is 5.75 Å². The summed E-state index contributed by atoms with van der Waals surface area (Å²) in [6.45, 7) is 7.21. The lowest BCUT2D eigenvalue weighted by molar-refractivity contribution is 0.0787. The van der Waals surface area contributed by atoms with Gasteiger partial charge >= 0.3 is 0 Å². The fourth-order valence-corrected chi connectivity index (χ4v) is 7.35. The van der Waals surface area contributed by atoms with Crippen LogP contribution in [-0.2, 0) is 10.0 Å². The maximum atomic E-state index is 14.6. The zero-order valence-corrected chi connectivity index (χ0v) is 25.4. The minimum absolute atomic E-state index is 0.0343. The first kappa shape index (κ1) is 29.6. The van der Waals surface area contributed by atoms with Gasteiger partial charge in [-0.2, -0.15) is 0 Å². The molecule has 4 aromatic carbocycles. The van der Waals surface area contributed by atoms with Crippen molar-refractivity contribution < 1.29 is 26.7 Å². The monoisotopic (exact) mass is 632 g/mol. The molecule has 2 aliphatic rings. The van der Waals surface area contributed by atoms with E-state index in [1.54, 1.807) is 62.4 Å². The van der Waals surface area contributed by atoms with E-state index in [-0.39, 0.29) is 45.9 Å². The lowest BCUT2D eigenvalue weighted by atomic mass is 10.0. The summed E-state index contributed by atoms with van der Waals surface area (Å²) in [4.78, 5) is 14.5. The molecule has 6 rings (SSSR count). The van der Waals surface area contributed by atoms with Gasteiger partial charge < -0.3 is 9.64 Å². The van der Waals surface area contributed by atoms with Crippen molar-refractivity contribution in [1.29, 1.82) is 0 Å². The number of carbonyl (C=O) groups is 1. The number of anilines is 1. The molecule has 4 aromatic rings. The van der Waals surface area contributed by atoms with Crippen LogP contribution < -0.4 is 9.04 Å². The largest absolute Gasteiger partial charge is 0.484 e. The molecule has 0 saturated carbocycles. The summed E-state index contributed by atoms with van der Waals surface area (Å²) in [7, 11) is -4.29. The topological polar surface area (TPSA) is 66.9 Å².